The number of nitrogens with zero attached hydrogens (tertiary/aromatic N) is 5. The Labute approximate surface area is 193 Å². The van der Waals surface area contributed by atoms with Gasteiger partial charge in [-0.15, -0.1) is 10.2 Å². The fourth-order valence-electron chi connectivity index (χ4n) is 6.63. The molecule has 2 bridgehead atoms. The average Bonchev–Trinajstić information content (AvgIpc) is 3.30. The lowest BCUT2D eigenvalue weighted by molar-refractivity contribution is -0.0806. The Balaban J connectivity index is 1.38. The largest absolute Gasteiger partial charge is 0.507 e. The van der Waals surface area contributed by atoms with Crippen LogP contribution in [0.15, 0.2) is 49.7 Å². The number of allylic oxidation sites excluding steroid dienone is 1. The third-order valence-corrected chi connectivity index (χ3v) is 7.58. The van der Waals surface area contributed by atoms with Crippen molar-refractivity contribution in [2.45, 2.75) is 52.6 Å². The molecule has 2 saturated carbocycles. The highest BCUT2D eigenvalue weighted by atomic mass is 19.1. The molecule has 0 amide bonds. The van der Waals surface area contributed by atoms with E-state index < -0.39 is 6.17 Å². The molecule has 5 atom stereocenters. The lowest BCUT2D eigenvalue weighted by Crippen LogP contribution is -2.51. The van der Waals surface area contributed by atoms with Crippen LogP contribution in [0.3, 0.4) is 0 Å². The van der Waals surface area contributed by atoms with Crippen molar-refractivity contribution >= 4 is 5.57 Å². The second-order valence-corrected chi connectivity index (χ2v) is 10.7. The van der Waals surface area contributed by atoms with E-state index in [4.69, 9.17) is 0 Å². The number of phenolic OH excluding ortho intramolecular Hbond substituents is 1. The SMILES string of the molecule is C=C(c1cnc(-c2ccc(-n3ccnc3)cc2O)nn1)[C@H]1C[C@]2(C)CC(C)C[C@@](C)(C2)[C@@H]1F. The van der Waals surface area contributed by atoms with Crippen LogP contribution in [-0.2, 0) is 0 Å². The van der Waals surface area contributed by atoms with Gasteiger partial charge in [-0.2, -0.15) is 0 Å². The fourth-order valence-corrected chi connectivity index (χ4v) is 6.63. The van der Waals surface area contributed by atoms with Crippen LogP contribution >= 0.6 is 0 Å². The topological polar surface area (TPSA) is 76.7 Å². The van der Waals surface area contributed by atoms with Gasteiger partial charge in [0.2, 0.25) is 0 Å². The number of phenols is 1. The first-order valence-electron chi connectivity index (χ1n) is 11.5. The highest BCUT2D eigenvalue weighted by molar-refractivity contribution is 5.67. The summed E-state index contributed by atoms with van der Waals surface area (Å²) in [6, 6.07) is 5.23. The molecule has 1 aromatic carbocycles. The van der Waals surface area contributed by atoms with Gasteiger partial charge in [0.15, 0.2) is 5.82 Å². The number of hydrogen-bond acceptors (Lipinski definition) is 5. The van der Waals surface area contributed by atoms with E-state index in [0.29, 0.717) is 28.6 Å². The maximum Gasteiger partial charge on any atom is 0.185 e. The van der Waals surface area contributed by atoms with Crippen LogP contribution in [-0.4, -0.2) is 36.0 Å². The summed E-state index contributed by atoms with van der Waals surface area (Å²) < 4.78 is 17.6. The van der Waals surface area contributed by atoms with E-state index in [9.17, 15) is 5.11 Å². The molecule has 5 rings (SSSR count). The van der Waals surface area contributed by atoms with Crippen molar-refractivity contribution in [1.82, 2.24) is 24.7 Å². The number of aromatic nitrogens is 5. The summed E-state index contributed by atoms with van der Waals surface area (Å²) in [5.74, 6) is 0.612. The van der Waals surface area contributed by atoms with Crippen LogP contribution in [0.2, 0.25) is 0 Å². The molecule has 0 spiro atoms. The normalized spacial score (nSPS) is 31.3. The summed E-state index contributed by atoms with van der Waals surface area (Å²) in [4.78, 5) is 8.45. The summed E-state index contributed by atoms with van der Waals surface area (Å²) in [5, 5.41) is 19.1. The first-order valence-corrected chi connectivity index (χ1v) is 11.5. The number of hydrogen-bond donors (Lipinski definition) is 1. The fraction of sp³-hybridized carbons (Fsp3) is 0.462. The van der Waals surface area contributed by atoms with Crippen LogP contribution < -0.4 is 0 Å². The zero-order chi connectivity index (χ0) is 23.4. The standard InChI is InChI=1S/C26H30FN5O/c1-16-10-25(3)12-20(23(27)26(4,11-16)14-25)17(2)21-13-29-24(31-30-21)19-6-5-18(9-22(19)33)32-8-7-28-15-32/h5-9,13,15-16,20,23,33H,2,10-12,14H2,1,3-4H3/t16?,20-,23-,25+,26+/m1/s1. The Morgan fingerprint density at radius 3 is 2.70 bits per heavy atom. The summed E-state index contributed by atoms with van der Waals surface area (Å²) >= 11 is 0. The van der Waals surface area contributed by atoms with E-state index in [-0.39, 0.29) is 22.5 Å². The van der Waals surface area contributed by atoms with Crippen molar-refractivity contribution < 1.29 is 9.50 Å². The van der Waals surface area contributed by atoms with Gasteiger partial charge < -0.3 is 9.67 Å². The van der Waals surface area contributed by atoms with Crippen LogP contribution in [0.5, 0.6) is 5.75 Å². The Kier molecular flexibility index (Phi) is 5.10. The van der Waals surface area contributed by atoms with Gasteiger partial charge in [0, 0.05) is 29.8 Å². The predicted molar refractivity (Wildman–Crippen MR) is 125 cm³/mol. The Hall–Kier alpha value is -3.09. The molecule has 33 heavy (non-hydrogen) atoms. The monoisotopic (exact) mass is 447 g/mol. The van der Waals surface area contributed by atoms with E-state index in [2.05, 4.69) is 47.5 Å². The molecule has 2 heterocycles. The van der Waals surface area contributed by atoms with Gasteiger partial charge >= 0.3 is 0 Å². The minimum atomic E-state index is -0.956. The molecule has 0 saturated heterocycles. The van der Waals surface area contributed by atoms with Crippen LogP contribution in [0, 0.1) is 22.7 Å². The molecule has 172 valence electrons. The van der Waals surface area contributed by atoms with Gasteiger partial charge in [-0.05, 0) is 54.7 Å². The third kappa shape index (κ3) is 3.83. The quantitative estimate of drug-likeness (QED) is 0.561. The second kappa shape index (κ2) is 7.75. The van der Waals surface area contributed by atoms with Crippen LogP contribution in [0.1, 0.15) is 52.1 Å². The number of halogens is 1. The Morgan fingerprint density at radius 2 is 2.03 bits per heavy atom. The van der Waals surface area contributed by atoms with Gasteiger partial charge in [-0.3, -0.25) is 0 Å². The van der Waals surface area contributed by atoms with Gasteiger partial charge in [0.25, 0.3) is 0 Å². The minimum Gasteiger partial charge on any atom is -0.507 e. The average molecular weight is 448 g/mol. The molecule has 2 aliphatic rings. The minimum absolute atomic E-state index is 0.0495. The molecular formula is C26H30FN5O. The van der Waals surface area contributed by atoms with Crippen molar-refractivity contribution in [3.05, 3.63) is 55.4 Å². The number of aromatic hydroxyl groups is 1. The number of benzene rings is 1. The summed E-state index contributed by atoms with van der Waals surface area (Å²) in [5.41, 5.74) is 2.23. The highest BCUT2D eigenvalue weighted by Crippen LogP contribution is 2.61. The Bertz CT molecular complexity index is 1180. The van der Waals surface area contributed by atoms with Gasteiger partial charge in [-0.1, -0.05) is 27.4 Å². The van der Waals surface area contributed by atoms with Crippen LogP contribution in [0.4, 0.5) is 4.39 Å². The molecule has 2 fully saturated rings. The zero-order valence-corrected chi connectivity index (χ0v) is 19.4. The molecule has 1 N–H and O–H groups in total. The molecule has 0 aliphatic heterocycles. The molecule has 3 aromatic rings. The zero-order valence-electron chi connectivity index (χ0n) is 19.4. The van der Waals surface area contributed by atoms with E-state index in [1.54, 1.807) is 41.6 Å². The predicted octanol–water partition coefficient (Wildman–Crippen LogP) is 5.63. The molecule has 7 heteroatoms. The summed E-state index contributed by atoms with van der Waals surface area (Å²) in [6.07, 6.45) is 9.49. The third-order valence-electron chi connectivity index (χ3n) is 7.58. The lowest BCUT2D eigenvalue weighted by Gasteiger charge is -2.56. The van der Waals surface area contributed by atoms with Crippen molar-refractivity contribution in [3.63, 3.8) is 0 Å². The molecule has 6 nitrogen and oxygen atoms in total. The molecule has 0 radical (unpaired) electrons. The highest BCUT2D eigenvalue weighted by Gasteiger charge is 2.55. The van der Waals surface area contributed by atoms with Gasteiger partial charge in [-0.25, -0.2) is 14.4 Å². The molecule has 2 aliphatic carbocycles. The van der Waals surface area contributed by atoms with E-state index in [0.717, 1.165) is 31.4 Å². The smallest absolute Gasteiger partial charge is 0.185 e. The molecule has 1 unspecified atom stereocenters. The first-order chi connectivity index (χ1) is 15.7. The lowest BCUT2D eigenvalue weighted by atomic mass is 9.50. The van der Waals surface area contributed by atoms with Gasteiger partial charge in [0.05, 0.1) is 23.8 Å². The van der Waals surface area contributed by atoms with E-state index >= 15 is 4.39 Å². The van der Waals surface area contributed by atoms with Crippen molar-refractivity contribution in [2.24, 2.45) is 22.7 Å². The van der Waals surface area contributed by atoms with Crippen LogP contribution in [0.25, 0.3) is 22.6 Å². The summed E-state index contributed by atoms with van der Waals surface area (Å²) in [7, 11) is 0. The van der Waals surface area contributed by atoms with E-state index in [1.807, 2.05) is 6.07 Å². The maximum atomic E-state index is 15.8. The second-order valence-electron chi connectivity index (χ2n) is 10.7. The number of alkyl halides is 1. The molecular weight excluding hydrogens is 417 g/mol. The Morgan fingerprint density at radius 1 is 1.21 bits per heavy atom. The van der Waals surface area contributed by atoms with Gasteiger partial charge in [0.1, 0.15) is 17.6 Å². The van der Waals surface area contributed by atoms with Crippen molar-refractivity contribution in [1.29, 1.82) is 0 Å². The first kappa shape index (κ1) is 21.7. The van der Waals surface area contributed by atoms with Crippen molar-refractivity contribution in [3.8, 4) is 22.8 Å². The van der Waals surface area contributed by atoms with E-state index in [1.165, 1.54) is 0 Å². The number of fused-ring (bicyclic) bond motifs is 2. The number of rotatable bonds is 4. The van der Waals surface area contributed by atoms with Crippen molar-refractivity contribution in [2.75, 3.05) is 0 Å². The molecule has 2 aromatic heterocycles. The number of imidazole rings is 1. The summed E-state index contributed by atoms with van der Waals surface area (Å²) in [6.45, 7) is 10.8. The maximum absolute atomic E-state index is 15.8.